The Kier molecular flexibility index (Phi) is 4.78. The molecule has 0 saturated heterocycles. The number of rotatable bonds is 4. The van der Waals surface area contributed by atoms with E-state index in [0.29, 0.717) is 5.56 Å². The molecule has 18 heavy (non-hydrogen) atoms. The van der Waals surface area contributed by atoms with E-state index < -0.39 is 0 Å². The zero-order chi connectivity index (χ0) is 13.0. The second kappa shape index (κ2) is 6.34. The smallest absolute Gasteiger partial charge is 0.130 e. The Morgan fingerprint density at radius 1 is 1.11 bits per heavy atom. The molecule has 0 spiro atoms. The first kappa shape index (κ1) is 13.6. The van der Waals surface area contributed by atoms with Crippen LogP contribution in [0.2, 0.25) is 0 Å². The van der Waals surface area contributed by atoms with E-state index in [2.05, 4.69) is 31.9 Å². The topological polar surface area (TPSA) is 9.23 Å². The molecular formula is C14H11Br2FO. The van der Waals surface area contributed by atoms with Gasteiger partial charge >= 0.3 is 0 Å². The molecule has 0 amide bonds. The van der Waals surface area contributed by atoms with Crippen LogP contribution in [0.15, 0.2) is 46.9 Å². The highest BCUT2D eigenvalue weighted by Gasteiger charge is 2.04. The largest absolute Gasteiger partial charge is 0.489 e. The van der Waals surface area contributed by atoms with E-state index in [1.165, 1.54) is 6.07 Å². The molecule has 0 bridgehead atoms. The molecule has 0 aliphatic carbocycles. The van der Waals surface area contributed by atoms with E-state index in [0.717, 1.165) is 21.1 Å². The molecule has 2 aromatic carbocycles. The van der Waals surface area contributed by atoms with Crippen LogP contribution in [0.4, 0.5) is 4.39 Å². The minimum Gasteiger partial charge on any atom is -0.489 e. The van der Waals surface area contributed by atoms with Gasteiger partial charge in [-0.1, -0.05) is 50.1 Å². The quantitative estimate of drug-likeness (QED) is 0.680. The first-order valence-corrected chi connectivity index (χ1v) is 7.32. The summed E-state index contributed by atoms with van der Waals surface area (Å²) in [5.74, 6) is 0.482. The third kappa shape index (κ3) is 3.56. The molecule has 1 nitrogen and oxygen atoms in total. The molecule has 0 radical (unpaired) electrons. The van der Waals surface area contributed by atoms with Crippen molar-refractivity contribution < 1.29 is 9.13 Å². The van der Waals surface area contributed by atoms with Crippen LogP contribution in [0.5, 0.6) is 5.75 Å². The van der Waals surface area contributed by atoms with Gasteiger partial charge in [0.05, 0.1) is 0 Å². The molecule has 0 N–H and O–H groups in total. The number of halogens is 3. The predicted octanol–water partition coefficient (Wildman–Crippen LogP) is 5.06. The van der Waals surface area contributed by atoms with Gasteiger partial charge < -0.3 is 4.74 Å². The van der Waals surface area contributed by atoms with Crippen molar-refractivity contribution in [2.75, 3.05) is 0 Å². The van der Waals surface area contributed by atoms with E-state index >= 15 is 0 Å². The Bertz CT molecular complexity index is 543. The van der Waals surface area contributed by atoms with Crippen LogP contribution in [0.25, 0.3) is 0 Å². The van der Waals surface area contributed by atoms with Crippen molar-refractivity contribution in [1.82, 2.24) is 0 Å². The summed E-state index contributed by atoms with van der Waals surface area (Å²) in [6, 6.07) is 12.7. The Hall–Kier alpha value is -0.870. The summed E-state index contributed by atoms with van der Waals surface area (Å²) in [7, 11) is 0. The monoisotopic (exact) mass is 372 g/mol. The van der Waals surface area contributed by atoms with E-state index in [1.54, 1.807) is 12.1 Å². The van der Waals surface area contributed by atoms with Gasteiger partial charge in [-0.05, 0) is 29.8 Å². The molecule has 0 unspecified atom stereocenters. The molecule has 0 atom stereocenters. The van der Waals surface area contributed by atoms with Crippen LogP contribution in [-0.4, -0.2) is 0 Å². The van der Waals surface area contributed by atoms with Crippen molar-refractivity contribution in [3.05, 3.63) is 63.9 Å². The van der Waals surface area contributed by atoms with Crippen molar-refractivity contribution in [2.45, 2.75) is 11.9 Å². The maximum Gasteiger partial charge on any atom is 0.130 e. The molecule has 0 heterocycles. The van der Waals surface area contributed by atoms with Crippen LogP contribution in [0.3, 0.4) is 0 Å². The maximum absolute atomic E-state index is 13.6. The van der Waals surface area contributed by atoms with Crippen molar-refractivity contribution in [3.8, 4) is 5.75 Å². The minimum atomic E-state index is -0.263. The molecule has 94 valence electrons. The van der Waals surface area contributed by atoms with Gasteiger partial charge in [-0.3, -0.25) is 0 Å². The summed E-state index contributed by atoms with van der Waals surface area (Å²) in [5, 5.41) is 0.775. The Morgan fingerprint density at radius 2 is 1.94 bits per heavy atom. The molecule has 4 heteroatoms. The minimum absolute atomic E-state index is 0.227. The highest BCUT2D eigenvalue weighted by atomic mass is 79.9. The third-order valence-electron chi connectivity index (χ3n) is 2.46. The molecule has 2 aromatic rings. The summed E-state index contributed by atoms with van der Waals surface area (Å²) >= 11 is 6.61. The van der Waals surface area contributed by atoms with Gasteiger partial charge in [0.15, 0.2) is 0 Å². The standard InChI is InChI=1S/C14H11Br2FO/c15-8-10-2-1-3-13(6-10)18-9-11-4-5-12(16)7-14(11)17/h1-7H,8-9H2. The molecular weight excluding hydrogens is 363 g/mol. The lowest BCUT2D eigenvalue weighted by Gasteiger charge is -2.08. The number of benzene rings is 2. The fraction of sp³-hybridized carbons (Fsp3) is 0.143. The molecule has 0 fully saturated rings. The fourth-order valence-corrected chi connectivity index (χ4v) is 2.20. The first-order valence-electron chi connectivity index (χ1n) is 5.40. The van der Waals surface area contributed by atoms with Crippen LogP contribution >= 0.6 is 31.9 Å². The Morgan fingerprint density at radius 3 is 2.67 bits per heavy atom. The molecule has 0 aliphatic rings. The lowest BCUT2D eigenvalue weighted by Crippen LogP contribution is -1.98. The summed E-state index contributed by atoms with van der Waals surface area (Å²) < 4.78 is 19.9. The molecule has 0 saturated carbocycles. The van der Waals surface area contributed by atoms with Gasteiger partial charge in [0, 0.05) is 15.4 Å². The van der Waals surface area contributed by atoms with Crippen molar-refractivity contribution in [1.29, 1.82) is 0 Å². The number of hydrogen-bond acceptors (Lipinski definition) is 1. The number of hydrogen-bond donors (Lipinski definition) is 0. The average molecular weight is 374 g/mol. The van der Waals surface area contributed by atoms with Crippen LogP contribution in [0.1, 0.15) is 11.1 Å². The van der Waals surface area contributed by atoms with E-state index in [1.807, 2.05) is 24.3 Å². The second-order valence-electron chi connectivity index (χ2n) is 3.81. The van der Waals surface area contributed by atoms with Crippen LogP contribution < -0.4 is 4.74 Å². The summed E-state index contributed by atoms with van der Waals surface area (Å²) in [6.45, 7) is 0.227. The maximum atomic E-state index is 13.6. The van der Waals surface area contributed by atoms with Gasteiger partial charge in [0.2, 0.25) is 0 Å². The summed E-state index contributed by atoms with van der Waals surface area (Å²) in [4.78, 5) is 0. The molecule has 2 rings (SSSR count). The van der Waals surface area contributed by atoms with Crippen molar-refractivity contribution >= 4 is 31.9 Å². The number of ether oxygens (including phenoxy) is 1. The van der Waals surface area contributed by atoms with Gasteiger partial charge in [-0.25, -0.2) is 4.39 Å². The van der Waals surface area contributed by atoms with Gasteiger partial charge in [-0.15, -0.1) is 0 Å². The zero-order valence-electron chi connectivity index (χ0n) is 9.50. The molecule has 0 aliphatic heterocycles. The van der Waals surface area contributed by atoms with Crippen molar-refractivity contribution in [2.24, 2.45) is 0 Å². The Balaban J connectivity index is 2.06. The van der Waals surface area contributed by atoms with Gasteiger partial charge in [0.1, 0.15) is 18.2 Å². The highest BCUT2D eigenvalue weighted by molar-refractivity contribution is 9.10. The van der Waals surface area contributed by atoms with E-state index in [9.17, 15) is 4.39 Å². The highest BCUT2D eigenvalue weighted by Crippen LogP contribution is 2.19. The zero-order valence-corrected chi connectivity index (χ0v) is 12.7. The second-order valence-corrected chi connectivity index (χ2v) is 5.28. The van der Waals surface area contributed by atoms with Crippen LogP contribution in [-0.2, 0) is 11.9 Å². The fourth-order valence-electron chi connectivity index (χ4n) is 1.52. The van der Waals surface area contributed by atoms with E-state index in [4.69, 9.17) is 4.74 Å². The lowest BCUT2D eigenvalue weighted by atomic mass is 10.2. The van der Waals surface area contributed by atoms with Crippen LogP contribution in [0, 0.1) is 5.82 Å². The summed E-state index contributed by atoms with van der Waals surface area (Å²) in [6.07, 6.45) is 0. The molecule has 0 aromatic heterocycles. The predicted molar refractivity (Wildman–Crippen MR) is 77.5 cm³/mol. The Labute approximate surface area is 122 Å². The normalized spacial score (nSPS) is 10.4. The van der Waals surface area contributed by atoms with Gasteiger partial charge in [0.25, 0.3) is 0 Å². The van der Waals surface area contributed by atoms with E-state index in [-0.39, 0.29) is 12.4 Å². The van der Waals surface area contributed by atoms with Gasteiger partial charge in [-0.2, -0.15) is 0 Å². The number of alkyl halides is 1. The first-order chi connectivity index (χ1) is 8.69. The van der Waals surface area contributed by atoms with Crippen molar-refractivity contribution in [3.63, 3.8) is 0 Å². The lowest BCUT2D eigenvalue weighted by molar-refractivity contribution is 0.299. The third-order valence-corrected chi connectivity index (χ3v) is 3.60. The average Bonchev–Trinajstić information content (AvgIpc) is 2.38. The summed E-state index contributed by atoms with van der Waals surface area (Å²) in [5.41, 5.74) is 1.67. The SMILES string of the molecule is Fc1cc(Br)ccc1COc1cccc(CBr)c1.